The third-order valence-electron chi connectivity index (χ3n) is 3.88. The summed E-state index contributed by atoms with van der Waals surface area (Å²) < 4.78 is 5.58. The lowest BCUT2D eigenvalue weighted by atomic mass is 10.2. The molecule has 2 amide bonds. The Morgan fingerprint density at radius 3 is 2.52 bits per heavy atom. The predicted molar refractivity (Wildman–Crippen MR) is 88.7 cm³/mol. The predicted octanol–water partition coefficient (Wildman–Crippen LogP) is 2.46. The molecule has 1 atom stereocenters. The van der Waals surface area contributed by atoms with E-state index in [4.69, 9.17) is 4.74 Å². The fourth-order valence-electron chi connectivity index (χ4n) is 2.56. The summed E-state index contributed by atoms with van der Waals surface area (Å²) in [6.45, 7) is 1.67. The van der Waals surface area contributed by atoms with E-state index in [1.807, 2.05) is 42.5 Å². The summed E-state index contributed by atoms with van der Waals surface area (Å²) in [5.74, 6) is 0.252. The van der Waals surface area contributed by atoms with Crippen LogP contribution in [-0.4, -0.2) is 31.5 Å². The molecule has 5 heteroatoms. The van der Waals surface area contributed by atoms with Crippen molar-refractivity contribution in [3.8, 4) is 5.75 Å². The molecule has 0 bridgehead atoms. The van der Waals surface area contributed by atoms with Gasteiger partial charge >= 0.3 is 0 Å². The number of anilines is 2. The highest BCUT2D eigenvalue weighted by atomic mass is 16.5. The van der Waals surface area contributed by atoms with Crippen LogP contribution in [-0.2, 0) is 9.59 Å². The monoisotopic (exact) mass is 310 g/mol. The minimum Gasteiger partial charge on any atom is -0.479 e. The normalized spacial score (nSPS) is 16.5. The minimum absolute atomic E-state index is 0.0189. The van der Waals surface area contributed by atoms with Crippen LogP contribution < -0.4 is 14.5 Å². The molecule has 0 aromatic heterocycles. The van der Waals surface area contributed by atoms with Gasteiger partial charge in [0, 0.05) is 12.7 Å². The van der Waals surface area contributed by atoms with E-state index in [0.717, 1.165) is 5.69 Å². The summed E-state index contributed by atoms with van der Waals surface area (Å²) in [5, 5.41) is 0. The van der Waals surface area contributed by atoms with Gasteiger partial charge in [-0.3, -0.25) is 14.5 Å². The number of rotatable bonds is 3. The Bertz CT molecular complexity index is 730. The van der Waals surface area contributed by atoms with E-state index < -0.39 is 6.10 Å². The molecule has 2 aromatic carbocycles. The van der Waals surface area contributed by atoms with Crippen molar-refractivity contribution in [3.05, 3.63) is 54.6 Å². The average molecular weight is 310 g/mol. The Labute approximate surface area is 135 Å². The van der Waals surface area contributed by atoms with Crippen molar-refractivity contribution in [2.75, 3.05) is 23.4 Å². The fourth-order valence-corrected chi connectivity index (χ4v) is 2.56. The first-order chi connectivity index (χ1) is 11.1. The van der Waals surface area contributed by atoms with E-state index in [0.29, 0.717) is 11.4 Å². The number of carbonyl (C=O) groups excluding carboxylic acids is 2. The molecule has 118 valence electrons. The number of likely N-dealkylation sites (N-methyl/N-ethyl adjacent to an activating group) is 1. The highest BCUT2D eigenvalue weighted by molar-refractivity contribution is 6.06. The van der Waals surface area contributed by atoms with Crippen LogP contribution >= 0.6 is 0 Å². The van der Waals surface area contributed by atoms with Gasteiger partial charge in [-0.1, -0.05) is 30.3 Å². The van der Waals surface area contributed by atoms with Gasteiger partial charge in [0.25, 0.3) is 5.91 Å². The van der Waals surface area contributed by atoms with Gasteiger partial charge in [0.1, 0.15) is 12.3 Å². The zero-order chi connectivity index (χ0) is 16.4. The fraction of sp³-hybridized carbons (Fsp3) is 0.222. The van der Waals surface area contributed by atoms with Gasteiger partial charge in [0.05, 0.1) is 5.69 Å². The Kier molecular flexibility index (Phi) is 4.02. The molecule has 0 fully saturated rings. The first-order valence-corrected chi connectivity index (χ1v) is 7.46. The second-order valence-electron chi connectivity index (χ2n) is 5.44. The Morgan fingerprint density at radius 1 is 1.13 bits per heavy atom. The molecule has 0 aliphatic carbocycles. The number of ether oxygens (including phenoxy) is 1. The van der Waals surface area contributed by atoms with E-state index in [-0.39, 0.29) is 18.4 Å². The van der Waals surface area contributed by atoms with Crippen molar-refractivity contribution in [2.45, 2.75) is 13.0 Å². The standard InChI is InChI=1S/C18H18N2O3/c1-13-18(22)20(15-10-6-7-11-16(15)23-13)12-17(21)19(2)14-8-4-3-5-9-14/h3-11,13H,12H2,1-2H3/t13-/m0/s1. The highest BCUT2D eigenvalue weighted by Gasteiger charge is 2.33. The van der Waals surface area contributed by atoms with Gasteiger partial charge in [0.2, 0.25) is 5.91 Å². The van der Waals surface area contributed by atoms with Crippen LogP contribution in [0.4, 0.5) is 11.4 Å². The van der Waals surface area contributed by atoms with Gasteiger partial charge < -0.3 is 9.64 Å². The molecule has 0 spiro atoms. The number of hydrogen-bond acceptors (Lipinski definition) is 3. The van der Waals surface area contributed by atoms with Gasteiger partial charge in [-0.25, -0.2) is 0 Å². The molecule has 0 saturated heterocycles. The zero-order valence-electron chi connectivity index (χ0n) is 13.1. The summed E-state index contributed by atoms with van der Waals surface area (Å²) >= 11 is 0. The maximum atomic E-state index is 12.6. The minimum atomic E-state index is -0.597. The van der Waals surface area contributed by atoms with Gasteiger partial charge in [0.15, 0.2) is 6.10 Å². The van der Waals surface area contributed by atoms with Crippen LogP contribution in [0.2, 0.25) is 0 Å². The maximum absolute atomic E-state index is 12.6. The van der Waals surface area contributed by atoms with Crippen LogP contribution in [0.3, 0.4) is 0 Å². The van der Waals surface area contributed by atoms with Gasteiger partial charge in [-0.15, -0.1) is 0 Å². The Balaban J connectivity index is 1.84. The quantitative estimate of drug-likeness (QED) is 0.875. The van der Waals surface area contributed by atoms with E-state index in [1.165, 1.54) is 4.90 Å². The summed E-state index contributed by atoms with van der Waals surface area (Å²) in [5.41, 5.74) is 1.42. The van der Waals surface area contributed by atoms with Crippen molar-refractivity contribution >= 4 is 23.2 Å². The zero-order valence-corrected chi connectivity index (χ0v) is 13.1. The summed E-state index contributed by atoms with van der Waals surface area (Å²) in [7, 11) is 1.71. The number of fused-ring (bicyclic) bond motifs is 1. The third kappa shape index (κ3) is 2.90. The summed E-state index contributed by atoms with van der Waals surface area (Å²) in [4.78, 5) is 28.0. The topological polar surface area (TPSA) is 49.9 Å². The van der Waals surface area contributed by atoms with Crippen molar-refractivity contribution in [3.63, 3.8) is 0 Å². The van der Waals surface area contributed by atoms with Crippen LogP contribution in [0.5, 0.6) is 5.75 Å². The van der Waals surface area contributed by atoms with E-state index in [9.17, 15) is 9.59 Å². The van der Waals surface area contributed by atoms with Crippen LogP contribution in [0.1, 0.15) is 6.92 Å². The third-order valence-corrected chi connectivity index (χ3v) is 3.88. The lowest BCUT2D eigenvalue weighted by Crippen LogP contribution is -2.49. The highest BCUT2D eigenvalue weighted by Crippen LogP contribution is 2.33. The van der Waals surface area contributed by atoms with Crippen molar-refractivity contribution in [1.29, 1.82) is 0 Å². The molecule has 23 heavy (non-hydrogen) atoms. The molecular weight excluding hydrogens is 292 g/mol. The Hall–Kier alpha value is -2.82. The first kappa shape index (κ1) is 15.1. The molecule has 0 N–H and O–H groups in total. The molecule has 2 aromatic rings. The smallest absolute Gasteiger partial charge is 0.268 e. The lowest BCUT2D eigenvalue weighted by molar-refractivity contribution is -0.127. The van der Waals surface area contributed by atoms with Crippen molar-refractivity contribution in [1.82, 2.24) is 0 Å². The van der Waals surface area contributed by atoms with Crippen LogP contribution in [0.25, 0.3) is 0 Å². The van der Waals surface area contributed by atoms with E-state index in [2.05, 4.69) is 0 Å². The maximum Gasteiger partial charge on any atom is 0.268 e. The van der Waals surface area contributed by atoms with Crippen LogP contribution in [0.15, 0.2) is 54.6 Å². The molecule has 1 heterocycles. The van der Waals surface area contributed by atoms with Gasteiger partial charge in [-0.05, 0) is 31.2 Å². The average Bonchev–Trinajstić information content (AvgIpc) is 2.59. The molecule has 0 saturated carbocycles. The summed E-state index contributed by atoms with van der Waals surface area (Å²) in [6.07, 6.45) is -0.597. The molecule has 0 unspecified atom stereocenters. The molecule has 1 aliphatic rings. The number of hydrogen-bond donors (Lipinski definition) is 0. The lowest BCUT2D eigenvalue weighted by Gasteiger charge is -2.33. The van der Waals surface area contributed by atoms with Gasteiger partial charge in [-0.2, -0.15) is 0 Å². The summed E-state index contributed by atoms with van der Waals surface area (Å²) in [6, 6.07) is 16.6. The first-order valence-electron chi connectivity index (χ1n) is 7.46. The molecule has 0 radical (unpaired) electrons. The van der Waals surface area contributed by atoms with Crippen molar-refractivity contribution in [2.24, 2.45) is 0 Å². The van der Waals surface area contributed by atoms with Crippen molar-refractivity contribution < 1.29 is 14.3 Å². The largest absolute Gasteiger partial charge is 0.479 e. The number of benzene rings is 2. The van der Waals surface area contributed by atoms with Crippen LogP contribution in [0, 0.1) is 0 Å². The van der Waals surface area contributed by atoms with E-state index >= 15 is 0 Å². The van der Waals surface area contributed by atoms with E-state index in [1.54, 1.807) is 31.0 Å². The molecular formula is C18H18N2O3. The second kappa shape index (κ2) is 6.12. The second-order valence-corrected chi connectivity index (χ2v) is 5.44. The SMILES string of the molecule is C[C@@H]1Oc2ccccc2N(CC(=O)N(C)c2ccccc2)C1=O. The number of para-hydroxylation sites is 3. The number of amides is 2. The molecule has 3 rings (SSSR count). The number of carbonyl (C=O) groups is 2. The molecule has 5 nitrogen and oxygen atoms in total. The number of nitrogens with zero attached hydrogens (tertiary/aromatic N) is 2. The Morgan fingerprint density at radius 2 is 1.78 bits per heavy atom. The molecule has 1 aliphatic heterocycles.